The minimum atomic E-state index is -0.259. The first-order valence-electron chi connectivity index (χ1n) is 6.63. The van der Waals surface area contributed by atoms with Crippen molar-refractivity contribution in [3.8, 4) is 0 Å². The number of halogens is 1. The first kappa shape index (κ1) is 12.1. The number of aryl methyl sites for hydroxylation is 1. The highest BCUT2D eigenvalue weighted by Gasteiger charge is 2.26. The number of carbonyl (C=O) groups is 1. The van der Waals surface area contributed by atoms with E-state index < -0.39 is 0 Å². The van der Waals surface area contributed by atoms with Crippen LogP contribution in [0.4, 0.5) is 4.39 Å². The van der Waals surface area contributed by atoms with Crippen molar-refractivity contribution < 1.29 is 9.18 Å². The van der Waals surface area contributed by atoms with E-state index in [1.165, 1.54) is 12.1 Å². The van der Waals surface area contributed by atoms with Crippen molar-refractivity contribution in [1.29, 1.82) is 0 Å². The van der Waals surface area contributed by atoms with Gasteiger partial charge in [0.1, 0.15) is 5.82 Å². The summed E-state index contributed by atoms with van der Waals surface area (Å²) in [6.45, 7) is 0. The molecular weight excluding hydrogens is 239 g/mol. The van der Waals surface area contributed by atoms with Gasteiger partial charge in [0, 0.05) is 11.5 Å². The summed E-state index contributed by atoms with van der Waals surface area (Å²) in [7, 11) is 0. The van der Waals surface area contributed by atoms with Gasteiger partial charge >= 0.3 is 0 Å². The number of fused-ring (bicyclic) bond motifs is 1. The molecule has 0 N–H and O–H groups in total. The van der Waals surface area contributed by atoms with Crippen LogP contribution in [0.1, 0.15) is 40.2 Å². The molecule has 0 amide bonds. The average molecular weight is 254 g/mol. The molecule has 2 aromatic carbocycles. The lowest BCUT2D eigenvalue weighted by Crippen LogP contribution is -2.12. The summed E-state index contributed by atoms with van der Waals surface area (Å²) >= 11 is 0. The fourth-order valence-corrected chi connectivity index (χ4v) is 2.81. The molecule has 1 atom stereocenters. The molecule has 96 valence electrons. The molecule has 0 aromatic heterocycles. The first-order valence-corrected chi connectivity index (χ1v) is 6.63. The highest BCUT2D eigenvalue weighted by molar-refractivity contribution is 6.02. The normalized spacial score (nSPS) is 18.8. The van der Waals surface area contributed by atoms with Crippen LogP contribution in [0.2, 0.25) is 0 Å². The number of carbonyl (C=O) groups excluding carboxylic acids is 1. The second-order valence-electron chi connectivity index (χ2n) is 5.02. The number of Topliss-reactive ketones (excluding diaryl/α,β-unsaturated/α-hetero) is 1. The maximum absolute atomic E-state index is 13.0. The highest BCUT2D eigenvalue weighted by Crippen LogP contribution is 2.31. The van der Waals surface area contributed by atoms with Crippen molar-refractivity contribution in [2.45, 2.75) is 25.2 Å². The van der Waals surface area contributed by atoms with Crippen LogP contribution < -0.4 is 0 Å². The molecule has 0 heterocycles. The Morgan fingerprint density at radius 3 is 2.53 bits per heavy atom. The van der Waals surface area contributed by atoms with E-state index in [1.807, 2.05) is 24.3 Å². The topological polar surface area (TPSA) is 17.1 Å². The summed E-state index contributed by atoms with van der Waals surface area (Å²) in [5.74, 6) is -0.228. The summed E-state index contributed by atoms with van der Waals surface area (Å²) in [5.41, 5.74) is 2.88. The number of rotatable bonds is 1. The SMILES string of the molecule is O=C1c2ccccc2CCCC1c1ccc(F)cc1. The predicted octanol–water partition coefficient (Wildman–Crippen LogP) is 4.13. The fourth-order valence-electron chi connectivity index (χ4n) is 2.81. The maximum atomic E-state index is 13.0. The Morgan fingerprint density at radius 1 is 1.00 bits per heavy atom. The van der Waals surface area contributed by atoms with E-state index in [4.69, 9.17) is 0 Å². The number of benzene rings is 2. The zero-order chi connectivity index (χ0) is 13.2. The van der Waals surface area contributed by atoms with Gasteiger partial charge in [0.05, 0.1) is 0 Å². The van der Waals surface area contributed by atoms with E-state index in [-0.39, 0.29) is 17.5 Å². The van der Waals surface area contributed by atoms with Crippen molar-refractivity contribution in [1.82, 2.24) is 0 Å². The molecule has 3 rings (SSSR count). The van der Waals surface area contributed by atoms with Gasteiger partial charge in [0.2, 0.25) is 0 Å². The van der Waals surface area contributed by atoms with Gasteiger partial charge in [-0.2, -0.15) is 0 Å². The minimum absolute atomic E-state index is 0.135. The van der Waals surface area contributed by atoms with Gasteiger partial charge in [-0.1, -0.05) is 36.4 Å². The molecule has 1 nitrogen and oxygen atoms in total. The van der Waals surface area contributed by atoms with Crippen LogP contribution in [-0.4, -0.2) is 5.78 Å². The Kier molecular flexibility index (Phi) is 3.16. The Hall–Kier alpha value is -1.96. The monoisotopic (exact) mass is 254 g/mol. The van der Waals surface area contributed by atoms with Crippen molar-refractivity contribution in [3.63, 3.8) is 0 Å². The van der Waals surface area contributed by atoms with Gasteiger partial charge < -0.3 is 0 Å². The Morgan fingerprint density at radius 2 is 1.74 bits per heavy atom. The third-order valence-electron chi connectivity index (χ3n) is 3.81. The third kappa shape index (κ3) is 2.30. The van der Waals surface area contributed by atoms with E-state index >= 15 is 0 Å². The van der Waals surface area contributed by atoms with E-state index in [9.17, 15) is 9.18 Å². The Balaban J connectivity index is 2.00. The van der Waals surface area contributed by atoms with Crippen LogP contribution in [0.15, 0.2) is 48.5 Å². The van der Waals surface area contributed by atoms with Crippen LogP contribution in [0, 0.1) is 5.82 Å². The molecule has 0 spiro atoms. The molecule has 0 radical (unpaired) electrons. The molecule has 0 saturated heterocycles. The molecule has 0 aliphatic heterocycles. The smallest absolute Gasteiger partial charge is 0.170 e. The lowest BCUT2D eigenvalue weighted by Gasteiger charge is -2.14. The van der Waals surface area contributed by atoms with Crippen molar-refractivity contribution >= 4 is 5.78 Å². The molecule has 2 aromatic rings. The molecular formula is C17H15FO. The van der Waals surface area contributed by atoms with Gasteiger partial charge in [-0.3, -0.25) is 4.79 Å². The minimum Gasteiger partial charge on any atom is -0.293 e. The molecule has 19 heavy (non-hydrogen) atoms. The van der Waals surface area contributed by atoms with Gasteiger partial charge in [-0.25, -0.2) is 4.39 Å². The number of hydrogen-bond acceptors (Lipinski definition) is 1. The van der Waals surface area contributed by atoms with Crippen LogP contribution in [0.3, 0.4) is 0 Å². The summed E-state index contributed by atoms with van der Waals surface area (Å²) in [4.78, 5) is 12.6. The predicted molar refractivity (Wildman–Crippen MR) is 72.9 cm³/mol. The van der Waals surface area contributed by atoms with Crippen LogP contribution >= 0.6 is 0 Å². The molecule has 0 bridgehead atoms. The first-order chi connectivity index (χ1) is 9.25. The van der Waals surface area contributed by atoms with Gasteiger partial charge in [-0.15, -0.1) is 0 Å². The van der Waals surface area contributed by atoms with E-state index in [2.05, 4.69) is 0 Å². The lowest BCUT2D eigenvalue weighted by atomic mass is 9.89. The van der Waals surface area contributed by atoms with Crippen molar-refractivity contribution in [3.05, 3.63) is 71.0 Å². The fraction of sp³-hybridized carbons (Fsp3) is 0.235. The van der Waals surface area contributed by atoms with Crippen molar-refractivity contribution in [2.24, 2.45) is 0 Å². The zero-order valence-corrected chi connectivity index (χ0v) is 10.6. The molecule has 2 heteroatoms. The molecule has 0 fully saturated rings. The number of ketones is 1. The summed E-state index contributed by atoms with van der Waals surface area (Å²) in [6.07, 6.45) is 2.77. The molecule has 1 aliphatic rings. The maximum Gasteiger partial charge on any atom is 0.170 e. The zero-order valence-electron chi connectivity index (χ0n) is 10.6. The van der Waals surface area contributed by atoms with Gasteiger partial charge in [-0.05, 0) is 42.5 Å². The Bertz CT molecular complexity index is 601. The third-order valence-corrected chi connectivity index (χ3v) is 3.81. The Labute approximate surface area is 112 Å². The van der Waals surface area contributed by atoms with Gasteiger partial charge in [0.25, 0.3) is 0 Å². The summed E-state index contributed by atoms with van der Waals surface area (Å²) < 4.78 is 13.0. The summed E-state index contributed by atoms with van der Waals surface area (Å²) in [6, 6.07) is 14.1. The standard InChI is InChI=1S/C17H15FO/c18-14-10-8-13(9-11-14)16-7-3-5-12-4-1-2-6-15(12)17(16)19/h1-2,4,6,8-11,16H,3,5,7H2. The van der Waals surface area contributed by atoms with E-state index in [0.29, 0.717) is 0 Å². The molecule has 1 aliphatic carbocycles. The number of hydrogen-bond donors (Lipinski definition) is 0. The van der Waals surface area contributed by atoms with E-state index in [1.54, 1.807) is 12.1 Å². The average Bonchev–Trinajstić information content (AvgIpc) is 2.60. The molecule has 0 saturated carbocycles. The lowest BCUT2D eigenvalue weighted by molar-refractivity contribution is 0.0957. The second kappa shape index (κ2) is 4.96. The molecule has 1 unspecified atom stereocenters. The second-order valence-corrected chi connectivity index (χ2v) is 5.02. The van der Waals surface area contributed by atoms with E-state index in [0.717, 1.165) is 36.0 Å². The quantitative estimate of drug-likeness (QED) is 0.699. The van der Waals surface area contributed by atoms with Crippen molar-refractivity contribution in [2.75, 3.05) is 0 Å². The summed E-state index contributed by atoms with van der Waals surface area (Å²) in [5, 5.41) is 0. The van der Waals surface area contributed by atoms with Crippen LogP contribution in [0.25, 0.3) is 0 Å². The van der Waals surface area contributed by atoms with Gasteiger partial charge in [0.15, 0.2) is 5.78 Å². The largest absolute Gasteiger partial charge is 0.293 e. The van der Waals surface area contributed by atoms with Crippen LogP contribution in [0.5, 0.6) is 0 Å². The van der Waals surface area contributed by atoms with Crippen LogP contribution in [-0.2, 0) is 6.42 Å². The highest BCUT2D eigenvalue weighted by atomic mass is 19.1.